The number of hydrogen-bond acceptors (Lipinski definition) is 4. The molecule has 21 heavy (non-hydrogen) atoms. The van der Waals surface area contributed by atoms with Crippen LogP contribution in [0.3, 0.4) is 0 Å². The minimum Gasteiger partial charge on any atom is -0.507 e. The summed E-state index contributed by atoms with van der Waals surface area (Å²) in [5.74, 6) is 0.203. The zero-order valence-electron chi connectivity index (χ0n) is 11.2. The Morgan fingerprint density at radius 1 is 1.00 bits per heavy atom. The summed E-state index contributed by atoms with van der Waals surface area (Å²) in [6.45, 7) is 0. The average molecular weight is 281 g/mol. The number of phenolic OH excluding ortho intramolecular Hbond substituents is 1. The summed E-state index contributed by atoms with van der Waals surface area (Å²) in [7, 11) is 0. The van der Waals surface area contributed by atoms with Crippen molar-refractivity contribution in [3.8, 4) is 5.75 Å². The van der Waals surface area contributed by atoms with Crippen LogP contribution in [0.5, 0.6) is 5.75 Å². The fraction of sp³-hybridized carbons (Fsp3) is 0. The predicted molar refractivity (Wildman–Crippen MR) is 84.7 cm³/mol. The molecule has 0 aliphatic carbocycles. The number of hydrazone groups is 1. The molecule has 0 spiro atoms. The van der Waals surface area contributed by atoms with E-state index in [1.165, 1.54) is 0 Å². The van der Waals surface area contributed by atoms with Gasteiger partial charge in [-0.1, -0.05) is 30.3 Å². The Morgan fingerprint density at radius 2 is 1.81 bits per heavy atom. The Kier molecular flexibility index (Phi) is 4.48. The van der Waals surface area contributed by atoms with Gasteiger partial charge in [0.2, 0.25) is 0 Å². The van der Waals surface area contributed by atoms with Crippen LogP contribution in [0.2, 0.25) is 0 Å². The van der Waals surface area contributed by atoms with Gasteiger partial charge in [0.25, 0.3) is 0 Å². The van der Waals surface area contributed by atoms with Crippen LogP contribution in [0.1, 0.15) is 5.56 Å². The summed E-state index contributed by atoms with van der Waals surface area (Å²) in [5, 5.41) is 14.8. The summed E-state index contributed by atoms with van der Waals surface area (Å²) >= 11 is 0. The van der Waals surface area contributed by atoms with E-state index in [9.17, 15) is 5.11 Å². The number of pyridine rings is 1. The van der Waals surface area contributed by atoms with Crippen LogP contribution in [0.25, 0.3) is 10.9 Å². The number of fused-ring (bicyclic) bond motifs is 1. The van der Waals surface area contributed by atoms with E-state index >= 15 is 0 Å². The fourth-order valence-electron chi connectivity index (χ4n) is 1.96. The van der Waals surface area contributed by atoms with E-state index in [1.807, 2.05) is 36.4 Å². The van der Waals surface area contributed by atoms with E-state index in [-0.39, 0.29) is 11.2 Å². The second kappa shape index (κ2) is 6.49. The van der Waals surface area contributed by atoms with Crippen LogP contribution in [-0.4, -0.2) is 21.8 Å². The van der Waals surface area contributed by atoms with Crippen molar-refractivity contribution < 1.29 is 10.6 Å². The summed E-state index contributed by atoms with van der Waals surface area (Å²) in [6, 6.07) is 16.8. The van der Waals surface area contributed by atoms with Crippen LogP contribution in [-0.2, 0) is 0 Å². The third-order valence-electron chi connectivity index (χ3n) is 2.96. The molecule has 4 N–H and O–H groups in total. The van der Waals surface area contributed by atoms with E-state index in [4.69, 9.17) is 0 Å². The van der Waals surface area contributed by atoms with Crippen molar-refractivity contribution in [2.24, 2.45) is 5.10 Å². The molecule has 2 aromatic carbocycles. The highest BCUT2D eigenvalue weighted by molar-refractivity contribution is 5.91. The van der Waals surface area contributed by atoms with Gasteiger partial charge in [-0.3, -0.25) is 10.4 Å². The zero-order chi connectivity index (χ0) is 13.8. The number of para-hydroxylation sites is 2. The number of aromatic hydroxyl groups is 1. The maximum absolute atomic E-state index is 9.65. The second-order valence-corrected chi connectivity index (χ2v) is 4.31. The lowest BCUT2D eigenvalue weighted by atomic mass is 10.2. The first-order valence-corrected chi connectivity index (χ1v) is 6.25. The molecule has 0 amide bonds. The largest absolute Gasteiger partial charge is 0.507 e. The van der Waals surface area contributed by atoms with Crippen LogP contribution < -0.4 is 5.43 Å². The van der Waals surface area contributed by atoms with Crippen molar-refractivity contribution in [3.05, 3.63) is 66.4 Å². The number of nitrogens with one attached hydrogen (secondary N) is 1. The molecule has 0 fully saturated rings. The molecule has 106 valence electrons. The van der Waals surface area contributed by atoms with E-state index in [1.54, 1.807) is 30.6 Å². The fourth-order valence-corrected chi connectivity index (χ4v) is 1.96. The van der Waals surface area contributed by atoms with Gasteiger partial charge in [-0.2, -0.15) is 5.10 Å². The van der Waals surface area contributed by atoms with Crippen molar-refractivity contribution in [3.63, 3.8) is 0 Å². The number of rotatable bonds is 3. The van der Waals surface area contributed by atoms with Crippen LogP contribution in [0, 0.1) is 0 Å². The van der Waals surface area contributed by atoms with Crippen molar-refractivity contribution in [2.45, 2.75) is 0 Å². The van der Waals surface area contributed by atoms with E-state index in [0.29, 0.717) is 5.56 Å². The molecule has 0 unspecified atom stereocenters. The number of anilines is 1. The van der Waals surface area contributed by atoms with Gasteiger partial charge in [0.1, 0.15) is 5.75 Å². The topological polar surface area (TPSA) is 89.0 Å². The van der Waals surface area contributed by atoms with Crippen LogP contribution >= 0.6 is 0 Å². The van der Waals surface area contributed by atoms with Crippen molar-refractivity contribution >= 4 is 22.8 Å². The number of phenols is 1. The third-order valence-corrected chi connectivity index (χ3v) is 2.96. The predicted octanol–water partition coefficient (Wildman–Crippen LogP) is 2.56. The van der Waals surface area contributed by atoms with Gasteiger partial charge in [-0.15, -0.1) is 0 Å². The second-order valence-electron chi connectivity index (χ2n) is 4.31. The van der Waals surface area contributed by atoms with Gasteiger partial charge in [0, 0.05) is 17.1 Å². The zero-order valence-corrected chi connectivity index (χ0v) is 11.2. The molecule has 1 aromatic heterocycles. The molecule has 1 heterocycles. The molecule has 0 aliphatic heterocycles. The monoisotopic (exact) mass is 281 g/mol. The smallest absolute Gasteiger partial charge is 0.124 e. The first-order valence-electron chi connectivity index (χ1n) is 6.25. The number of aromatic nitrogens is 1. The summed E-state index contributed by atoms with van der Waals surface area (Å²) in [6.07, 6.45) is 3.33. The highest BCUT2D eigenvalue weighted by Crippen LogP contribution is 2.20. The van der Waals surface area contributed by atoms with Gasteiger partial charge >= 0.3 is 0 Å². The molecule has 0 saturated carbocycles. The molecule has 5 heteroatoms. The minimum atomic E-state index is 0. The van der Waals surface area contributed by atoms with E-state index in [0.717, 1.165) is 16.6 Å². The Bertz CT molecular complexity index is 767. The SMILES string of the molecule is O.Oc1ccccc1/C=N/Nc1cccc2cccnc12. The molecule has 0 atom stereocenters. The van der Waals surface area contributed by atoms with Crippen molar-refractivity contribution in [1.82, 2.24) is 4.98 Å². The lowest BCUT2D eigenvalue weighted by Crippen LogP contribution is -1.93. The first-order chi connectivity index (χ1) is 9.84. The first kappa shape index (κ1) is 14.5. The normalized spacial score (nSPS) is 10.5. The Balaban J connectivity index is 0.00000161. The van der Waals surface area contributed by atoms with E-state index < -0.39 is 0 Å². The Morgan fingerprint density at radius 3 is 2.67 bits per heavy atom. The van der Waals surface area contributed by atoms with E-state index in [2.05, 4.69) is 15.5 Å². The summed E-state index contributed by atoms with van der Waals surface area (Å²) < 4.78 is 0. The molecular weight excluding hydrogens is 266 g/mol. The quantitative estimate of drug-likeness (QED) is 0.571. The average Bonchev–Trinajstić information content (AvgIpc) is 2.49. The summed E-state index contributed by atoms with van der Waals surface area (Å²) in [4.78, 5) is 4.34. The minimum absolute atomic E-state index is 0. The molecule has 3 rings (SSSR count). The molecule has 5 nitrogen and oxygen atoms in total. The van der Waals surface area contributed by atoms with Gasteiger partial charge in [0.15, 0.2) is 0 Å². The third kappa shape index (κ3) is 3.16. The number of benzene rings is 2. The van der Waals surface area contributed by atoms with Gasteiger partial charge in [-0.05, 0) is 24.3 Å². The van der Waals surface area contributed by atoms with Gasteiger partial charge in [0.05, 0.1) is 17.4 Å². The lowest BCUT2D eigenvalue weighted by molar-refractivity contribution is 0.474. The maximum atomic E-state index is 9.65. The van der Waals surface area contributed by atoms with Crippen LogP contribution in [0.4, 0.5) is 5.69 Å². The summed E-state index contributed by atoms with van der Waals surface area (Å²) in [5.41, 5.74) is 5.31. The molecule has 0 aliphatic rings. The molecular formula is C16H15N3O2. The molecule has 0 radical (unpaired) electrons. The standard InChI is InChI=1S/C16H13N3O.H2O/c20-15-9-2-1-5-13(15)11-18-19-14-8-3-6-12-7-4-10-17-16(12)14;/h1-11,19-20H;1H2/b18-11+;. The van der Waals surface area contributed by atoms with Gasteiger partial charge in [-0.25, -0.2) is 0 Å². The van der Waals surface area contributed by atoms with Crippen molar-refractivity contribution in [1.29, 1.82) is 0 Å². The maximum Gasteiger partial charge on any atom is 0.124 e. The van der Waals surface area contributed by atoms with Gasteiger partial charge < -0.3 is 10.6 Å². The molecule has 0 bridgehead atoms. The number of nitrogens with zero attached hydrogens (tertiary/aromatic N) is 2. The number of hydrogen-bond donors (Lipinski definition) is 2. The highest BCUT2D eigenvalue weighted by atomic mass is 16.3. The molecule has 0 saturated heterocycles. The molecule has 3 aromatic rings. The highest BCUT2D eigenvalue weighted by Gasteiger charge is 2.00. The Hall–Kier alpha value is -2.92. The lowest BCUT2D eigenvalue weighted by Gasteiger charge is -2.04. The Labute approximate surface area is 121 Å². The van der Waals surface area contributed by atoms with Crippen molar-refractivity contribution in [2.75, 3.05) is 5.43 Å². The van der Waals surface area contributed by atoms with Crippen LogP contribution in [0.15, 0.2) is 65.9 Å².